The van der Waals surface area contributed by atoms with E-state index in [2.05, 4.69) is 23.3 Å². The minimum absolute atomic E-state index is 0.142. The van der Waals surface area contributed by atoms with Crippen LogP contribution in [0, 0.1) is 16.7 Å². The lowest BCUT2D eigenvalue weighted by Gasteiger charge is -2.34. The van der Waals surface area contributed by atoms with Gasteiger partial charge in [0, 0.05) is 18.9 Å². The molecule has 3 nitrogen and oxygen atoms in total. The number of aromatic nitrogens is 2. The van der Waals surface area contributed by atoms with Gasteiger partial charge < -0.3 is 0 Å². The predicted octanol–water partition coefficient (Wildman–Crippen LogP) is 2.81. The van der Waals surface area contributed by atoms with Gasteiger partial charge >= 0.3 is 0 Å². The minimum Gasteiger partial charge on any atom is -0.268 e. The third-order valence-electron chi connectivity index (χ3n) is 3.89. The molecule has 1 aromatic heterocycles. The van der Waals surface area contributed by atoms with Crippen LogP contribution >= 0.6 is 0 Å². The Kier molecular flexibility index (Phi) is 2.19. The first-order valence-corrected chi connectivity index (χ1v) is 6.06. The van der Waals surface area contributed by atoms with Crippen LogP contribution in [-0.4, -0.2) is 9.78 Å². The molecule has 0 amide bonds. The van der Waals surface area contributed by atoms with E-state index in [1.165, 1.54) is 11.8 Å². The quantitative estimate of drug-likeness (QED) is 0.788. The summed E-state index contributed by atoms with van der Waals surface area (Å²) in [6, 6.07) is 10.7. The van der Waals surface area contributed by atoms with Gasteiger partial charge in [-0.15, -0.1) is 0 Å². The van der Waals surface area contributed by atoms with Gasteiger partial charge in [-0.1, -0.05) is 24.6 Å². The van der Waals surface area contributed by atoms with Crippen LogP contribution in [-0.2, 0) is 13.5 Å². The van der Waals surface area contributed by atoms with Gasteiger partial charge in [-0.25, -0.2) is 0 Å². The summed E-state index contributed by atoms with van der Waals surface area (Å²) in [6.07, 6.45) is 4.02. The highest BCUT2D eigenvalue weighted by atomic mass is 15.3. The topological polar surface area (TPSA) is 41.6 Å². The standard InChI is InChI=1S/C14H15N3/c1-17-13-6-3-2-5-11(13)12(16-17)9-14(10-15)7-4-8-14/h2-3,5-6H,4,7-9H2,1H3. The molecule has 0 spiro atoms. The molecule has 0 atom stereocenters. The second-order valence-electron chi connectivity index (χ2n) is 5.01. The molecule has 1 heterocycles. The normalized spacial score (nSPS) is 17.6. The molecule has 86 valence electrons. The number of rotatable bonds is 2. The molecule has 1 fully saturated rings. The fourth-order valence-electron chi connectivity index (χ4n) is 2.67. The number of para-hydroxylation sites is 1. The van der Waals surface area contributed by atoms with E-state index < -0.39 is 0 Å². The Bertz CT molecular complexity index is 599. The molecule has 0 aliphatic heterocycles. The Morgan fingerprint density at radius 1 is 1.41 bits per heavy atom. The predicted molar refractivity (Wildman–Crippen MR) is 66.3 cm³/mol. The highest BCUT2D eigenvalue weighted by molar-refractivity contribution is 5.82. The van der Waals surface area contributed by atoms with Crippen molar-refractivity contribution >= 4 is 10.9 Å². The Morgan fingerprint density at radius 2 is 2.18 bits per heavy atom. The largest absolute Gasteiger partial charge is 0.268 e. The van der Waals surface area contributed by atoms with Crippen LogP contribution in [0.2, 0.25) is 0 Å². The van der Waals surface area contributed by atoms with Crippen molar-refractivity contribution in [2.24, 2.45) is 12.5 Å². The van der Waals surface area contributed by atoms with Crippen LogP contribution in [0.5, 0.6) is 0 Å². The molecule has 17 heavy (non-hydrogen) atoms. The van der Waals surface area contributed by atoms with Crippen molar-refractivity contribution < 1.29 is 0 Å². The van der Waals surface area contributed by atoms with E-state index in [4.69, 9.17) is 0 Å². The minimum atomic E-state index is -0.142. The average Bonchev–Trinajstić information content (AvgIpc) is 2.62. The molecule has 0 radical (unpaired) electrons. The van der Waals surface area contributed by atoms with Crippen molar-refractivity contribution in [3.8, 4) is 6.07 Å². The monoisotopic (exact) mass is 225 g/mol. The summed E-state index contributed by atoms with van der Waals surface area (Å²) in [6.45, 7) is 0. The van der Waals surface area contributed by atoms with Crippen LogP contribution in [0.4, 0.5) is 0 Å². The van der Waals surface area contributed by atoms with Crippen LogP contribution in [0.3, 0.4) is 0 Å². The van der Waals surface area contributed by atoms with E-state index in [1.54, 1.807) is 0 Å². The van der Waals surface area contributed by atoms with Crippen molar-refractivity contribution in [3.63, 3.8) is 0 Å². The van der Waals surface area contributed by atoms with Crippen LogP contribution in [0.15, 0.2) is 24.3 Å². The second-order valence-corrected chi connectivity index (χ2v) is 5.01. The van der Waals surface area contributed by atoms with Gasteiger partial charge in [-0.2, -0.15) is 10.4 Å². The number of fused-ring (bicyclic) bond motifs is 1. The number of hydrogen-bond acceptors (Lipinski definition) is 2. The number of hydrogen-bond donors (Lipinski definition) is 0. The summed E-state index contributed by atoms with van der Waals surface area (Å²) in [4.78, 5) is 0. The lowest BCUT2D eigenvalue weighted by Crippen LogP contribution is -2.30. The highest BCUT2D eigenvalue weighted by Crippen LogP contribution is 2.43. The zero-order valence-corrected chi connectivity index (χ0v) is 9.98. The van der Waals surface area contributed by atoms with Crippen molar-refractivity contribution in [3.05, 3.63) is 30.0 Å². The highest BCUT2D eigenvalue weighted by Gasteiger charge is 2.38. The number of aryl methyl sites for hydroxylation is 1. The molecule has 3 rings (SSSR count). The van der Waals surface area contributed by atoms with E-state index in [-0.39, 0.29) is 5.41 Å². The first kappa shape index (κ1) is 10.3. The molecule has 1 saturated carbocycles. The number of nitrogens with zero attached hydrogens (tertiary/aromatic N) is 3. The molecule has 1 aliphatic carbocycles. The van der Waals surface area contributed by atoms with Gasteiger partial charge in [0.25, 0.3) is 0 Å². The molecule has 0 N–H and O–H groups in total. The van der Waals surface area contributed by atoms with Crippen LogP contribution in [0.1, 0.15) is 25.0 Å². The maximum atomic E-state index is 9.29. The molecular formula is C14H15N3. The van der Waals surface area contributed by atoms with Gasteiger partial charge in [0.2, 0.25) is 0 Å². The number of nitriles is 1. The molecule has 1 aromatic carbocycles. The summed E-state index contributed by atoms with van der Waals surface area (Å²) in [5.41, 5.74) is 2.08. The van der Waals surface area contributed by atoms with Gasteiger partial charge in [0.1, 0.15) is 0 Å². The van der Waals surface area contributed by atoms with E-state index in [9.17, 15) is 5.26 Å². The number of benzene rings is 1. The van der Waals surface area contributed by atoms with Gasteiger partial charge in [0.15, 0.2) is 0 Å². The van der Waals surface area contributed by atoms with Gasteiger partial charge in [0.05, 0.1) is 22.7 Å². The molecule has 0 saturated heterocycles. The van der Waals surface area contributed by atoms with E-state index in [1.807, 2.05) is 23.9 Å². The Hall–Kier alpha value is -1.82. The molecule has 1 aliphatic rings. The van der Waals surface area contributed by atoms with Crippen molar-refractivity contribution in [1.82, 2.24) is 9.78 Å². The van der Waals surface area contributed by atoms with E-state index >= 15 is 0 Å². The molecule has 3 heteroatoms. The maximum absolute atomic E-state index is 9.29. The summed E-state index contributed by atoms with van der Waals surface area (Å²) in [5, 5.41) is 15.1. The first-order valence-electron chi connectivity index (χ1n) is 6.06. The Morgan fingerprint density at radius 3 is 2.82 bits per heavy atom. The van der Waals surface area contributed by atoms with Crippen molar-refractivity contribution in [1.29, 1.82) is 5.26 Å². The smallest absolute Gasteiger partial charge is 0.0719 e. The average molecular weight is 225 g/mol. The molecule has 0 bridgehead atoms. The third kappa shape index (κ3) is 1.52. The molecule has 0 unspecified atom stereocenters. The van der Waals surface area contributed by atoms with Gasteiger partial charge in [-0.3, -0.25) is 4.68 Å². The summed E-state index contributed by atoms with van der Waals surface area (Å²) < 4.78 is 1.91. The summed E-state index contributed by atoms with van der Waals surface area (Å²) in [5.74, 6) is 0. The lowest BCUT2D eigenvalue weighted by molar-refractivity contribution is 0.212. The van der Waals surface area contributed by atoms with Crippen LogP contribution in [0.25, 0.3) is 10.9 Å². The van der Waals surface area contributed by atoms with Gasteiger partial charge in [-0.05, 0) is 18.9 Å². The first-order chi connectivity index (χ1) is 8.24. The lowest BCUT2D eigenvalue weighted by atomic mass is 9.67. The summed E-state index contributed by atoms with van der Waals surface area (Å²) >= 11 is 0. The SMILES string of the molecule is Cn1nc(CC2(C#N)CCC2)c2ccccc21. The Labute approximate surface area is 101 Å². The maximum Gasteiger partial charge on any atom is 0.0719 e. The van der Waals surface area contributed by atoms with E-state index in [0.717, 1.165) is 30.5 Å². The third-order valence-corrected chi connectivity index (χ3v) is 3.89. The fraction of sp³-hybridized carbons (Fsp3) is 0.429. The zero-order chi connectivity index (χ0) is 11.9. The zero-order valence-electron chi connectivity index (χ0n) is 9.98. The fourth-order valence-corrected chi connectivity index (χ4v) is 2.67. The second kappa shape index (κ2) is 3.59. The van der Waals surface area contributed by atoms with Crippen molar-refractivity contribution in [2.75, 3.05) is 0 Å². The van der Waals surface area contributed by atoms with E-state index in [0.29, 0.717) is 0 Å². The van der Waals surface area contributed by atoms with Crippen molar-refractivity contribution in [2.45, 2.75) is 25.7 Å². The molecule has 2 aromatic rings. The molecular weight excluding hydrogens is 210 g/mol. The summed E-state index contributed by atoms with van der Waals surface area (Å²) in [7, 11) is 1.96. The Balaban J connectivity index is 2.04. The van der Waals surface area contributed by atoms with Crippen LogP contribution < -0.4 is 0 Å².